The molecule has 1 aliphatic heterocycles. The van der Waals surface area contributed by atoms with E-state index in [4.69, 9.17) is 0 Å². The van der Waals surface area contributed by atoms with Crippen LogP contribution in [0.15, 0.2) is 11.6 Å². The van der Waals surface area contributed by atoms with Crippen LogP contribution in [0.3, 0.4) is 0 Å². The molecule has 0 saturated carbocycles. The van der Waals surface area contributed by atoms with Crippen LogP contribution < -0.4 is 34.7 Å². The van der Waals surface area contributed by atoms with Gasteiger partial charge in [-0.15, -0.1) is 0 Å². The summed E-state index contributed by atoms with van der Waals surface area (Å²) in [6.45, 7) is -0.166. The van der Waals surface area contributed by atoms with E-state index in [1.54, 1.807) is 0 Å². The normalized spacial score (nSPS) is 15.2. The van der Waals surface area contributed by atoms with Gasteiger partial charge in [0.25, 0.3) is 0 Å². The Kier molecular flexibility index (Phi) is 3.63. The van der Waals surface area contributed by atoms with Crippen LogP contribution in [0.1, 0.15) is 0 Å². The summed E-state index contributed by atoms with van der Waals surface area (Å²) >= 11 is 0. The molecule has 48 valence electrons. The van der Waals surface area contributed by atoms with Gasteiger partial charge in [0, 0.05) is 11.6 Å². The number of ether oxygens (including phenoxy) is 1. The Morgan fingerprint density at radius 2 is 2.30 bits per heavy atom. The summed E-state index contributed by atoms with van der Waals surface area (Å²) in [5.74, 6) is -1.96. The Morgan fingerprint density at radius 1 is 1.70 bits per heavy atom. The van der Waals surface area contributed by atoms with Crippen molar-refractivity contribution in [1.29, 1.82) is 0 Å². The van der Waals surface area contributed by atoms with Crippen molar-refractivity contribution < 1.29 is 49.0 Å². The zero-order valence-corrected chi connectivity index (χ0v) is 7.42. The van der Waals surface area contributed by atoms with Crippen molar-refractivity contribution >= 4 is 11.9 Å². The first-order chi connectivity index (χ1) is 4.20. The SMILES string of the molecule is O=C1C=C(C(=O)[O-])CO1.[Na+]. The van der Waals surface area contributed by atoms with Crippen molar-refractivity contribution in [3.05, 3.63) is 11.6 Å². The van der Waals surface area contributed by atoms with Crippen LogP contribution in [0.25, 0.3) is 0 Å². The molecular weight excluding hydrogens is 147 g/mol. The molecule has 4 nitrogen and oxygen atoms in total. The molecule has 0 saturated heterocycles. The van der Waals surface area contributed by atoms with Crippen LogP contribution in [0.4, 0.5) is 0 Å². The Morgan fingerprint density at radius 3 is 2.50 bits per heavy atom. The van der Waals surface area contributed by atoms with Gasteiger partial charge in [0.05, 0.1) is 5.97 Å². The molecule has 5 heteroatoms. The van der Waals surface area contributed by atoms with E-state index in [1.807, 2.05) is 0 Å². The van der Waals surface area contributed by atoms with Crippen molar-refractivity contribution in [2.24, 2.45) is 0 Å². The van der Waals surface area contributed by atoms with Crippen LogP contribution in [-0.2, 0) is 14.3 Å². The second kappa shape index (κ2) is 3.75. The summed E-state index contributed by atoms with van der Waals surface area (Å²) in [6.07, 6.45) is 0.912. The maximum Gasteiger partial charge on any atom is 1.00 e. The number of carbonyl (C=O) groups excluding carboxylic acids is 2. The number of carbonyl (C=O) groups is 2. The number of hydrogen-bond donors (Lipinski definition) is 0. The molecular formula is C5H3NaO4. The molecule has 1 rings (SSSR count). The molecule has 0 aromatic heterocycles. The molecule has 10 heavy (non-hydrogen) atoms. The molecule has 0 bridgehead atoms. The molecule has 0 atom stereocenters. The van der Waals surface area contributed by atoms with Gasteiger partial charge in [0.1, 0.15) is 6.61 Å². The van der Waals surface area contributed by atoms with Crippen LogP contribution in [0.5, 0.6) is 0 Å². The summed E-state index contributed by atoms with van der Waals surface area (Å²) < 4.78 is 4.27. The van der Waals surface area contributed by atoms with E-state index in [2.05, 4.69) is 4.74 Å². The molecule has 1 aliphatic rings. The van der Waals surface area contributed by atoms with E-state index in [0.717, 1.165) is 6.08 Å². The first-order valence-corrected chi connectivity index (χ1v) is 2.29. The first-order valence-electron chi connectivity index (χ1n) is 2.29. The number of esters is 1. The predicted octanol–water partition coefficient (Wildman–Crippen LogP) is -4.78. The fraction of sp³-hybridized carbons (Fsp3) is 0.200. The third-order valence-corrected chi connectivity index (χ3v) is 0.924. The Bertz CT molecular complexity index is 196. The fourth-order valence-electron chi connectivity index (χ4n) is 0.492. The van der Waals surface area contributed by atoms with Crippen LogP contribution in [0.2, 0.25) is 0 Å². The van der Waals surface area contributed by atoms with Crippen LogP contribution in [-0.4, -0.2) is 18.5 Å². The minimum Gasteiger partial charge on any atom is -0.545 e. The van der Waals surface area contributed by atoms with Gasteiger partial charge < -0.3 is 14.6 Å². The van der Waals surface area contributed by atoms with Gasteiger partial charge in [-0.1, -0.05) is 0 Å². The topological polar surface area (TPSA) is 66.4 Å². The number of hydrogen-bond acceptors (Lipinski definition) is 4. The summed E-state index contributed by atoms with van der Waals surface area (Å²) in [5, 5.41) is 9.94. The van der Waals surface area contributed by atoms with Crippen LogP contribution >= 0.6 is 0 Å². The van der Waals surface area contributed by atoms with E-state index in [0.29, 0.717) is 0 Å². The van der Waals surface area contributed by atoms with Crippen molar-refractivity contribution in [1.82, 2.24) is 0 Å². The van der Waals surface area contributed by atoms with Crippen LogP contribution in [0, 0.1) is 0 Å². The van der Waals surface area contributed by atoms with Crippen molar-refractivity contribution in [3.8, 4) is 0 Å². The average Bonchev–Trinajstić information content (AvgIpc) is 2.14. The monoisotopic (exact) mass is 150 g/mol. The minimum atomic E-state index is -1.35. The quantitative estimate of drug-likeness (QED) is 0.278. The molecule has 0 radical (unpaired) electrons. The minimum absolute atomic E-state index is 0. The smallest absolute Gasteiger partial charge is 0.545 e. The van der Waals surface area contributed by atoms with Gasteiger partial charge in [0.2, 0.25) is 0 Å². The maximum atomic E-state index is 10.2. The van der Waals surface area contributed by atoms with E-state index < -0.39 is 11.9 Å². The molecule has 0 aromatic rings. The molecule has 0 unspecified atom stereocenters. The average molecular weight is 150 g/mol. The van der Waals surface area contributed by atoms with Gasteiger partial charge in [-0.25, -0.2) is 4.79 Å². The number of carboxylic acids is 1. The molecule has 0 amide bonds. The number of cyclic esters (lactones) is 1. The van der Waals surface area contributed by atoms with E-state index in [9.17, 15) is 14.7 Å². The number of rotatable bonds is 1. The van der Waals surface area contributed by atoms with Gasteiger partial charge in [-0.05, 0) is 0 Å². The van der Waals surface area contributed by atoms with E-state index in [-0.39, 0.29) is 41.7 Å². The largest absolute Gasteiger partial charge is 1.00 e. The summed E-state index contributed by atoms with van der Waals surface area (Å²) in [5.41, 5.74) is -0.0972. The third-order valence-electron chi connectivity index (χ3n) is 0.924. The summed E-state index contributed by atoms with van der Waals surface area (Å²) in [4.78, 5) is 20.1. The number of aliphatic carboxylic acids is 1. The molecule has 0 fully saturated rings. The molecule has 0 spiro atoms. The van der Waals surface area contributed by atoms with Gasteiger partial charge in [-0.2, -0.15) is 0 Å². The van der Waals surface area contributed by atoms with Gasteiger partial charge in [0.15, 0.2) is 0 Å². The maximum absolute atomic E-state index is 10.2. The molecule has 0 N–H and O–H groups in total. The summed E-state index contributed by atoms with van der Waals surface area (Å²) in [6, 6.07) is 0. The Labute approximate surface area is 79.1 Å². The summed E-state index contributed by atoms with van der Waals surface area (Å²) in [7, 11) is 0. The Balaban J connectivity index is 0.000000810. The van der Waals surface area contributed by atoms with E-state index in [1.165, 1.54) is 0 Å². The predicted molar refractivity (Wildman–Crippen MR) is 24.0 cm³/mol. The van der Waals surface area contributed by atoms with Gasteiger partial charge >= 0.3 is 35.5 Å². The second-order valence-corrected chi connectivity index (χ2v) is 1.56. The van der Waals surface area contributed by atoms with Gasteiger partial charge in [-0.3, -0.25) is 0 Å². The van der Waals surface area contributed by atoms with Crippen molar-refractivity contribution in [2.45, 2.75) is 0 Å². The zero-order chi connectivity index (χ0) is 6.85. The van der Waals surface area contributed by atoms with E-state index >= 15 is 0 Å². The Hall–Kier alpha value is -0.320. The number of carboxylic acid groups (broad SMARTS) is 1. The standard InChI is InChI=1S/C5H4O4.Na/c6-4-1-3(2-9-4)5(7)8;/h1H,2H2,(H,7,8);/q;+1/p-1. The van der Waals surface area contributed by atoms with Crippen molar-refractivity contribution in [3.63, 3.8) is 0 Å². The van der Waals surface area contributed by atoms with Crippen molar-refractivity contribution in [2.75, 3.05) is 6.61 Å². The fourth-order valence-corrected chi connectivity index (χ4v) is 0.492. The second-order valence-electron chi connectivity index (χ2n) is 1.56. The molecule has 0 aliphatic carbocycles. The first kappa shape index (κ1) is 9.68. The molecule has 1 heterocycles. The molecule has 0 aromatic carbocycles. The zero-order valence-electron chi connectivity index (χ0n) is 5.42. The third kappa shape index (κ3) is 2.13.